The maximum atomic E-state index is 5.86. The molecule has 3 heterocycles. The number of piperidine rings is 1. The van der Waals surface area contributed by atoms with Crippen LogP contribution in [0.15, 0.2) is 52.9 Å². The molecular formula is C20H19N3OS. The van der Waals surface area contributed by atoms with E-state index in [4.69, 9.17) is 9.40 Å². The number of aromatic nitrogens is 2. The van der Waals surface area contributed by atoms with Gasteiger partial charge in [0, 0.05) is 5.92 Å². The first-order valence-electron chi connectivity index (χ1n) is 8.77. The number of nitrogens with zero attached hydrogens (tertiary/aromatic N) is 3. The van der Waals surface area contributed by atoms with Gasteiger partial charge in [0.15, 0.2) is 5.58 Å². The largest absolute Gasteiger partial charge is 0.439 e. The van der Waals surface area contributed by atoms with Crippen LogP contribution in [0.3, 0.4) is 0 Å². The quantitative estimate of drug-likeness (QED) is 0.532. The summed E-state index contributed by atoms with van der Waals surface area (Å²) in [5, 5.41) is 1.29. The van der Waals surface area contributed by atoms with Gasteiger partial charge in [-0.15, -0.1) is 11.3 Å². The zero-order chi connectivity index (χ0) is 16.6. The number of oxazole rings is 1. The van der Waals surface area contributed by atoms with Crippen molar-refractivity contribution >= 4 is 32.7 Å². The van der Waals surface area contributed by atoms with E-state index in [1.807, 2.05) is 35.6 Å². The smallest absolute Gasteiger partial charge is 0.209 e. The molecule has 4 aromatic rings. The van der Waals surface area contributed by atoms with Crippen LogP contribution in [0.1, 0.15) is 29.7 Å². The second kappa shape index (κ2) is 6.24. The van der Waals surface area contributed by atoms with Crippen LogP contribution in [0, 0.1) is 0 Å². The van der Waals surface area contributed by atoms with Crippen LogP contribution in [0.4, 0.5) is 0 Å². The van der Waals surface area contributed by atoms with E-state index in [0.29, 0.717) is 5.92 Å². The maximum Gasteiger partial charge on any atom is 0.209 e. The summed E-state index contributed by atoms with van der Waals surface area (Å²) in [7, 11) is 0. The van der Waals surface area contributed by atoms with E-state index in [9.17, 15) is 0 Å². The molecule has 126 valence electrons. The normalized spacial score (nSPS) is 16.8. The Morgan fingerprint density at radius 2 is 1.72 bits per heavy atom. The summed E-state index contributed by atoms with van der Waals surface area (Å²) >= 11 is 1.85. The lowest BCUT2D eigenvalue weighted by Crippen LogP contribution is -2.32. The van der Waals surface area contributed by atoms with Gasteiger partial charge in [-0.25, -0.2) is 9.97 Å². The number of rotatable bonds is 3. The average molecular weight is 349 g/mol. The third kappa shape index (κ3) is 2.94. The lowest BCUT2D eigenvalue weighted by molar-refractivity contribution is 0.189. The van der Waals surface area contributed by atoms with Gasteiger partial charge >= 0.3 is 0 Å². The fraction of sp³-hybridized carbons (Fsp3) is 0.300. The summed E-state index contributed by atoms with van der Waals surface area (Å²) in [6.45, 7) is 2.93. The van der Waals surface area contributed by atoms with Gasteiger partial charge in [0.05, 0.1) is 21.8 Å². The molecular weight excluding hydrogens is 330 g/mol. The highest BCUT2D eigenvalue weighted by Crippen LogP contribution is 2.34. The van der Waals surface area contributed by atoms with Gasteiger partial charge in [-0.2, -0.15) is 0 Å². The van der Waals surface area contributed by atoms with Gasteiger partial charge in [-0.3, -0.25) is 4.90 Å². The predicted octanol–water partition coefficient (Wildman–Crippen LogP) is 4.82. The molecule has 5 rings (SSSR count). The van der Waals surface area contributed by atoms with Crippen molar-refractivity contribution in [3.63, 3.8) is 0 Å². The zero-order valence-corrected chi connectivity index (χ0v) is 14.7. The van der Waals surface area contributed by atoms with E-state index in [1.165, 1.54) is 9.71 Å². The summed E-state index contributed by atoms with van der Waals surface area (Å²) in [4.78, 5) is 11.9. The fourth-order valence-electron chi connectivity index (χ4n) is 3.58. The van der Waals surface area contributed by atoms with Crippen molar-refractivity contribution in [2.75, 3.05) is 13.1 Å². The summed E-state index contributed by atoms with van der Waals surface area (Å²) in [6, 6.07) is 16.4. The SMILES string of the molecule is c1ccc2oc(CN3CCC(c4nc5ccccc5s4)CC3)nc2c1. The Hall–Kier alpha value is -2.24. The molecule has 2 aromatic carbocycles. The van der Waals surface area contributed by atoms with Crippen molar-refractivity contribution in [3.05, 3.63) is 59.4 Å². The van der Waals surface area contributed by atoms with Gasteiger partial charge in [-0.05, 0) is 50.2 Å². The van der Waals surface area contributed by atoms with Gasteiger partial charge in [0.2, 0.25) is 5.89 Å². The maximum absolute atomic E-state index is 5.86. The van der Waals surface area contributed by atoms with Crippen LogP contribution < -0.4 is 0 Å². The van der Waals surface area contributed by atoms with E-state index in [1.54, 1.807) is 0 Å². The van der Waals surface area contributed by atoms with Crippen molar-refractivity contribution in [3.8, 4) is 0 Å². The summed E-state index contributed by atoms with van der Waals surface area (Å²) in [5.41, 5.74) is 2.96. The third-order valence-corrected chi connectivity index (χ3v) is 6.14. The molecule has 0 aliphatic carbocycles. The van der Waals surface area contributed by atoms with Gasteiger partial charge in [-0.1, -0.05) is 24.3 Å². The molecule has 0 atom stereocenters. The van der Waals surface area contributed by atoms with Crippen LogP contribution >= 0.6 is 11.3 Å². The summed E-state index contributed by atoms with van der Waals surface area (Å²) in [5.74, 6) is 1.40. The van der Waals surface area contributed by atoms with E-state index >= 15 is 0 Å². The molecule has 1 fully saturated rings. The Morgan fingerprint density at radius 3 is 2.52 bits per heavy atom. The van der Waals surface area contributed by atoms with Gasteiger partial charge in [0.1, 0.15) is 5.52 Å². The Balaban J connectivity index is 1.26. The number of benzene rings is 2. The molecule has 0 N–H and O–H groups in total. The first-order valence-corrected chi connectivity index (χ1v) is 9.59. The van der Waals surface area contributed by atoms with E-state index in [-0.39, 0.29) is 0 Å². The minimum atomic E-state index is 0.581. The van der Waals surface area contributed by atoms with E-state index < -0.39 is 0 Å². The number of fused-ring (bicyclic) bond motifs is 2. The van der Waals surface area contributed by atoms with Crippen molar-refractivity contribution in [1.29, 1.82) is 0 Å². The van der Waals surface area contributed by atoms with Crippen molar-refractivity contribution in [2.24, 2.45) is 0 Å². The number of hydrogen-bond acceptors (Lipinski definition) is 5. The van der Waals surface area contributed by atoms with Crippen LogP contribution in [-0.4, -0.2) is 28.0 Å². The average Bonchev–Trinajstić information content (AvgIpc) is 3.25. The highest BCUT2D eigenvalue weighted by Gasteiger charge is 2.24. The molecule has 2 aromatic heterocycles. The molecule has 5 heteroatoms. The first kappa shape index (κ1) is 15.0. The fourth-order valence-corrected chi connectivity index (χ4v) is 4.72. The topological polar surface area (TPSA) is 42.2 Å². The monoisotopic (exact) mass is 349 g/mol. The van der Waals surface area contributed by atoms with E-state index in [0.717, 1.165) is 55.0 Å². The minimum Gasteiger partial charge on any atom is -0.439 e. The number of hydrogen-bond donors (Lipinski definition) is 0. The Kier molecular flexibility index (Phi) is 3.76. The van der Waals surface area contributed by atoms with Crippen LogP contribution in [-0.2, 0) is 6.54 Å². The Bertz CT molecular complexity index is 948. The zero-order valence-electron chi connectivity index (χ0n) is 13.9. The standard InChI is InChI=1S/C20H19N3OS/c1-3-7-17-15(5-1)21-19(24-17)13-23-11-9-14(10-12-23)20-22-16-6-2-4-8-18(16)25-20/h1-8,14H,9-13H2. The third-order valence-electron chi connectivity index (χ3n) is 4.94. The second-order valence-electron chi connectivity index (χ2n) is 6.65. The second-order valence-corrected chi connectivity index (χ2v) is 7.71. The molecule has 0 bridgehead atoms. The van der Waals surface area contributed by atoms with Crippen molar-refractivity contribution in [1.82, 2.24) is 14.9 Å². The predicted molar refractivity (Wildman–Crippen MR) is 101 cm³/mol. The molecule has 25 heavy (non-hydrogen) atoms. The van der Waals surface area contributed by atoms with Gasteiger partial charge in [0.25, 0.3) is 0 Å². The highest BCUT2D eigenvalue weighted by atomic mass is 32.1. The van der Waals surface area contributed by atoms with Crippen LogP contribution in [0.5, 0.6) is 0 Å². The lowest BCUT2D eigenvalue weighted by Gasteiger charge is -2.29. The molecule has 1 saturated heterocycles. The summed E-state index contributed by atoms with van der Waals surface area (Å²) in [6.07, 6.45) is 2.31. The molecule has 1 aliphatic heterocycles. The molecule has 1 aliphatic rings. The number of thiazole rings is 1. The van der Waals surface area contributed by atoms with E-state index in [2.05, 4.69) is 34.1 Å². The minimum absolute atomic E-state index is 0.581. The molecule has 0 saturated carbocycles. The van der Waals surface area contributed by atoms with Crippen LogP contribution in [0.25, 0.3) is 21.3 Å². The highest BCUT2D eigenvalue weighted by molar-refractivity contribution is 7.18. The van der Waals surface area contributed by atoms with Gasteiger partial charge < -0.3 is 4.42 Å². The van der Waals surface area contributed by atoms with Crippen molar-refractivity contribution < 1.29 is 4.42 Å². The number of likely N-dealkylation sites (tertiary alicyclic amines) is 1. The molecule has 4 nitrogen and oxygen atoms in total. The molecule has 0 radical (unpaired) electrons. The summed E-state index contributed by atoms with van der Waals surface area (Å²) < 4.78 is 7.16. The van der Waals surface area contributed by atoms with Crippen molar-refractivity contribution in [2.45, 2.75) is 25.3 Å². The molecule has 0 unspecified atom stereocenters. The molecule has 0 amide bonds. The van der Waals surface area contributed by atoms with Crippen LogP contribution in [0.2, 0.25) is 0 Å². The Morgan fingerprint density at radius 1 is 0.960 bits per heavy atom. The first-order chi connectivity index (χ1) is 12.3. The Labute approximate surface area is 150 Å². The molecule has 0 spiro atoms. The lowest BCUT2D eigenvalue weighted by atomic mass is 9.97. The number of para-hydroxylation sites is 3.